The SMILES string of the molecule is CCC(O)CNCCNCC(O)CO. The van der Waals surface area contributed by atoms with Gasteiger partial charge in [0.1, 0.15) is 0 Å². The van der Waals surface area contributed by atoms with Crippen LogP contribution < -0.4 is 10.6 Å². The standard InChI is InChI=1S/C9H22N2O3/c1-2-8(13)5-10-3-4-11-6-9(14)7-12/h8-14H,2-7H2,1H3. The fourth-order valence-electron chi connectivity index (χ4n) is 0.923. The summed E-state index contributed by atoms with van der Waals surface area (Å²) in [5.41, 5.74) is 0. The summed E-state index contributed by atoms with van der Waals surface area (Å²) in [7, 11) is 0. The van der Waals surface area contributed by atoms with Crippen LogP contribution in [0.2, 0.25) is 0 Å². The summed E-state index contributed by atoms with van der Waals surface area (Å²) in [5, 5.41) is 32.7. The van der Waals surface area contributed by atoms with Crippen LogP contribution in [0.15, 0.2) is 0 Å². The molecule has 0 saturated heterocycles. The Bertz CT molecular complexity index is 111. The fourth-order valence-corrected chi connectivity index (χ4v) is 0.923. The maximum atomic E-state index is 9.18. The van der Waals surface area contributed by atoms with Gasteiger partial charge in [0.25, 0.3) is 0 Å². The molecule has 0 amide bonds. The smallest absolute Gasteiger partial charge is 0.0894 e. The molecule has 0 spiro atoms. The molecule has 0 fully saturated rings. The monoisotopic (exact) mass is 206 g/mol. The minimum absolute atomic E-state index is 0.213. The van der Waals surface area contributed by atoms with E-state index in [2.05, 4.69) is 10.6 Å². The van der Waals surface area contributed by atoms with Crippen molar-refractivity contribution in [1.82, 2.24) is 10.6 Å². The molecule has 0 aliphatic heterocycles. The van der Waals surface area contributed by atoms with Crippen molar-refractivity contribution < 1.29 is 15.3 Å². The van der Waals surface area contributed by atoms with E-state index in [0.717, 1.165) is 13.0 Å². The van der Waals surface area contributed by atoms with Gasteiger partial charge in [0, 0.05) is 26.2 Å². The quantitative estimate of drug-likeness (QED) is 0.290. The van der Waals surface area contributed by atoms with Gasteiger partial charge in [-0.1, -0.05) is 6.92 Å². The molecule has 0 bridgehead atoms. The summed E-state index contributed by atoms with van der Waals surface area (Å²) < 4.78 is 0. The zero-order valence-corrected chi connectivity index (χ0v) is 8.74. The number of hydrogen-bond acceptors (Lipinski definition) is 5. The first kappa shape index (κ1) is 13.8. The molecule has 0 aromatic carbocycles. The van der Waals surface area contributed by atoms with E-state index in [-0.39, 0.29) is 12.7 Å². The van der Waals surface area contributed by atoms with Crippen molar-refractivity contribution in [1.29, 1.82) is 0 Å². The van der Waals surface area contributed by atoms with E-state index in [1.807, 2.05) is 6.92 Å². The molecule has 5 nitrogen and oxygen atoms in total. The van der Waals surface area contributed by atoms with Crippen LogP contribution in [0, 0.1) is 0 Å². The Labute approximate surface area is 85.1 Å². The lowest BCUT2D eigenvalue weighted by molar-refractivity contribution is 0.0945. The second-order valence-electron chi connectivity index (χ2n) is 3.31. The molecule has 5 N–H and O–H groups in total. The molecule has 0 aliphatic rings. The number of nitrogens with one attached hydrogen (secondary N) is 2. The van der Waals surface area contributed by atoms with Gasteiger partial charge >= 0.3 is 0 Å². The summed E-state index contributed by atoms with van der Waals surface area (Å²) in [5.74, 6) is 0. The van der Waals surface area contributed by atoms with Crippen LogP contribution in [-0.4, -0.2) is 60.3 Å². The summed E-state index contributed by atoms with van der Waals surface area (Å²) >= 11 is 0. The van der Waals surface area contributed by atoms with Crippen LogP contribution >= 0.6 is 0 Å². The number of aliphatic hydroxyl groups is 3. The minimum atomic E-state index is -0.684. The number of hydrogen-bond donors (Lipinski definition) is 5. The molecule has 14 heavy (non-hydrogen) atoms. The first-order chi connectivity index (χ1) is 6.70. The molecule has 5 heteroatoms. The predicted molar refractivity (Wildman–Crippen MR) is 55.1 cm³/mol. The first-order valence-corrected chi connectivity index (χ1v) is 5.09. The van der Waals surface area contributed by atoms with Crippen molar-refractivity contribution in [3.05, 3.63) is 0 Å². The first-order valence-electron chi connectivity index (χ1n) is 5.09. The largest absolute Gasteiger partial charge is 0.394 e. The van der Waals surface area contributed by atoms with Crippen LogP contribution in [0.1, 0.15) is 13.3 Å². The molecule has 0 rings (SSSR count). The average Bonchev–Trinajstić information content (AvgIpc) is 2.22. The minimum Gasteiger partial charge on any atom is -0.394 e. The zero-order valence-electron chi connectivity index (χ0n) is 8.74. The van der Waals surface area contributed by atoms with E-state index in [4.69, 9.17) is 10.2 Å². The van der Waals surface area contributed by atoms with E-state index >= 15 is 0 Å². The van der Waals surface area contributed by atoms with Gasteiger partial charge in [-0.25, -0.2) is 0 Å². The van der Waals surface area contributed by atoms with Gasteiger partial charge in [0.05, 0.1) is 18.8 Å². The molecule has 0 aromatic heterocycles. The Balaban J connectivity index is 3.06. The van der Waals surface area contributed by atoms with E-state index in [9.17, 15) is 5.11 Å². The van der Waals surface area contributed by atoms with E-state index < -0.39 is 6.10 Å². The molecule has 0 radical (unpaired) electrons. The second kappa shape index (κ2) is 9.36. The average molecular weight is 206 g/mol. The van der Waals surface area contributed by atoms with E-state index in [1.165, 1.54) is 0 Å². The molecular weight excluding hydrogens is 184 g/mol. The van der Waals surface area contributed by atoms with Crippen LogP contribution in [0.5, 0.6) is 0 Å². The van der Waals surface area contributed by atoms with Gasteiger partial charge in [-0.15, -0.1) is 0 Å². The third-order valence-electron chi connectivity index (χ3n) is 1.92. The maximum Gasteiger partial charge on any atom is 0.0894 e. The third-order valence-corrected chi connectivity index (χ3v) is 1.92. The molecule has 0 heterocycles. The fraction of sp³-hybridized carbons (Fsp3) is 1.00. The lowest BCUT2D eigenvalue weighted by atomic mass is 10.3. The Hall–Kier alpha value is -0.200. The van der Waals surface area contributed by atoms with Gasteiger partial charge in [-0.2, -0.15) is 0 Å². The highest BCUT2D eigenvalue weighted by atomic mass is 16.3. The summed E-state index contributed by atoms with van der Waals surface area (Å²) in [6.45, 7) is 4.18. The molecular formula is C9H22N2O3. The van der Waals surface area contributed by atoms with Crippen molar-refractivity contribution in [2.45, 2.75) is 25.6 Å². The Morgan fingerprint density at radius 3 is 1.93 bits per heavy atom. The third kappa shape index (κ3) is 8.40. The van der Waals surface area contributed by atoms with Crippen molar-refractivity contribution in [2.24, 2.45) is 0 Å². The zero-order chi connectivity index (χ0) is 10.8. The van der Waals surface area contributed by atoms with Gasteiger partial charge in [-0.05, 0) is 6.42 Å². The van der Waals surface area contributed by atoms with Gasteiger partial charge in [0.2, 0.25) is 0 Å². The van der Waals surface area contributed by atoms with Crippen LogP contribution in [0.4, 0.5) is 0 Å². The van der Waals surface area contributed by atoms with Crippen LogP contribution in [0.3, 0.4) is 0 Å². The molecule has 0 aromatic rings. The van der Waals surface area contributed by atoms with Crippen molar-refractivity contribution in [3.8, 4) is 0 Å². The summed E-state index contributed by atoms with van der Waals surface area (Å²) in [6.07, 6.45) is -0.210. The maximum absolute atomic E-state index is 9.18. The van der Waals surface area contributed by atoms with E-state index in [1.54, 1.807) is 0 Å². The lowest BCUT2D eigenvalue weighted by Gasteiger charge is -2.11. The van der Waals surface area contributed by atoms with Crippen molar-refractivity contribution in [3.63, 3.8) is 0 Å². The molecule has 2 unspecified atom stereocenters. The van der Waals surface area contributed by atoms with Gasteiger partial charge in [0.15, 0.2) is 0 Å². The highest BCUT2D eigenvalue weighted by Crippen LogP contribution is 1.85. The lowest BCUT2D eigenvalue weighted by Crippen LogP contribution is -2.36. The highest BCUT2D eigenvalue weighted by Gasteiger charge is 2.00. The van der Waals surface area contributed by atoms with Crippen LogP contribution in [0.25, 0.3) is 0 Å². The highest BCUT2D eigenvalue weighted by molar-refractivity contribution is 4.60. The van der Waals surface area contributed by atoms with E-state index in [0.29, 0.717) is 19.6 Å². The number of rotatable bonds is 9. The molecule has 0 aliphatic carbocycles. The van der Waals surface area contributed by atoms with Crippen molar-refractivity contribution >= 4 is 0 Å². The predicted octanol–water partition coefficient (Wildman–Crippen LogP) is -1.71. The second-order valence-corrected chi connectivity index (χ2v) is 3.31. The summed E-state index contributed by atoms with van der Waals surface area (Å²) in [4.78, 5) is 0. The van der Waals surface area contributed by atoms with Gasteiger partial charge in [-0.3, -0.25) is 0 Å². The Morgan fingerprint density at radius 1 is 1.00 bits per heavy atom. The van der Waals surface area contributed by atoms with Crippen LogP contribution in [-0.2, 0) is 0 Å². The summed E-state index contributed by atoms with van der Waals surface area (Å²) in [6, 6.07) is 0. The molecule has 86 valence electrons. The molecule has 2 atom stereocenters. The molecule has 0 saturated carbocycles. The Morgan fingerprint density at radius 2 is 1.50 bits per heavy atom. The topological polar surface area (TPSA) is 84.8 Å². The Kier molecular flexibility index (Phi) is 9.23. The van der Waals surface area contributed by atoms with Crippen molar-refractivity contribution in [2.75, 3.05) is 32.8 Å². The van der Waals surface area contributed by atoms with Gasteiger partial charge < -0.3 is 26.0 Å². The normalized spacial score (nSPS) is 15.4. The number of aliphatic hydroxyl groups excluding tert-OH is 3.